The van der Waals surface area contributed by atoms with E-state index >= 15 is 0 Å². The Labute approximate surface area is 191 Å². The average Bonchev–Trinajstić information content (AvgIpc) is 2.81. The lowest BCUT2D eigenvalue weighted by Crippen LogP contribution is -2.70. The highest BCUT2D eigenvalue weighted by atomic mass is 16.6. The molecule has 0 aromatic heterocycles. The van der Waals surface area contributed by atoms with Gasteiger partial charge < -0.3 is 14.3 Å². The molecule has 1 atom stereocenters. The Morgan fingerprint density at radius 3 is 2.39 bits per heavy atom. The number of azide groups is 1. The van der Waals surface area contributed by atoms with Crippen LogP contribution in [0.1, 0.15) is 39.2 Å². The van der Waals surface area contributed by atoms with Gasteiger partial charge in [-0.1, -0.05) is 5.11 Å². The van der Waals surface area contributed by atoms with Crippen LogP contribution in [0.2, 0.25) is 0 Å². The van der Waals surface area contributed by atoms with Crippen molar-refractivity contribution in [3.05, 3.63) is 61.8 Å². The van der Waals surface area contributed by atoms with Crippen LogP contribution in [-0.4, -0.2) is 63.6 Å². The highest BCUT2D eigenvalue weighted by Crippen LogP contribution is 2.34. The van der Waals surface area contributed by atoms with Crippen LogP contribution in [0.3, 0.4) is 0 Å². The molecule has 33 heavy (non-hydrogen) atoms. The molecule has 1 aliphatic heterocycles. The summed E-state index contributed by atoms with van der Waals surface area (Å²) in [5.41, 5.74) is 8.66. The van der Waals surface area contributed by atoms with Gasteiger partial charge in [0.15, 0.2) is 11.9 Å². The first-order valence-corrected chi connectivity index (χ1v) is 10.8. The number of nitrogens with zero attached hydrogens (tertiary/aromatic N) is 6. The number of amides is 1. The lowest BCUT2D eigenvalue weighted by molar-refractivity contribution is -0.958. The van der Waals surface area contributed by atoms with Gasteiger partial charge in [-0.15, -0.1) is 0 Å². The standard InChI is InChI=1S/C21H28N6O6/c1-4-27(5-2,6-3)18-13-19(29)25(18)20(17(28)11-12-23-24-22)21(30)33-14-15-7-9-16(10-8-15)26(31)32/h7-10,18H,4-6,11-14H2,1-3H3/p+1. The van der Waals surface area contributed by atoms with Crippen LogP contribution in [0.15, 0.2) is 40.8 Å². The van der Waals surface area contributed by atoms with E-state index in [0.717, 1.165) is 19.6 Å². The van der Waals surface area contributed by atoms with E-state index in [9.17, 15) is 24.8 Å². The quantitative estimate of drug-likeness (QED) is 0.0479. The van der Waals surface area contributed by atoms with Crippen molar-refractivity contribution in [3.63, 3.8) is 0 Å². The van der Waals surface area contributed by atoms with E-state index in [-0.39, 0.29) is 49.5 Å². The number of aliphatic hydroxyl groups excluding tert-OH is 1. The summed E-state index contributed by atoms with van der Waals surface area (Å²) in [6.07, 6.45) is -0.230. The topological polar surface area (TPSA) is 159 Å². The van der Waals surface area contributed by atoms with Gasteiger partial charge in [0.1, 0.15) is 18.8 Å². The molecule has 0 saturated carbocycles. The summed E-state index contributed by atoms with van der Waals surface area (Å²) in [6.45, 7) is 7.91. The number of quaternary nitrogens is 1. The normalized spacial score (nSPS) is 16.4. The SMILES string of the molecule is CC[N+](CC)(CC)C1CC(=O)N1C(C(=O)OCc1ccc([N+](=O)[O-])cc1)=C(O)CCN=[N+]=[N-]. The van der Waals surface area contributed by atoms with Crippen LogP contribution >= 0.6 is 0 Å². The lowest BCUT2D eigenvalue weighted by Gasteiger charge is -2.52. The molecular weight excluding hydrogens is 432 g/mol. The van der Waals surface area contributed by atoms with Gasteiger partial charge in [-0.05, 0) is 44.0 Å². The summed E-state index contributed by atoms with van der Waals surface area (Å²) in [5, 5.41) is 24.9. The van der Waals surface area contributed by atoms with E-state index in [1.165, 1.54) is 29.2 Å². The van der Waals surface area contributed by atoms with Crippen LogP contribution < -0.4 is 0 Å². The number of benzene rings is 1. The summed E-state index contributed by atoms with van der Waals surface area (Å²) in [5.74, 6) is -1.60. The fourth-order valence-corrected chi connectivity index (χ4v) is 4.02. The highest BCUT2D eigenvalue weighted by Gasteiger charge is 2.52. The highest BCUT2D eigenvalue weighted by molar-refractivity contribution is 5.97. The molecule has 1 heterocycles. The molecule has 12 heteroatoms. The number of esters is 1. The minimum Gasteiger partial charge on any atom is -0.510 e. The molecule has 1 saturated heterocycles. The molecule has 2 rings (SSSR count). The molecule has 178 valence electrons. The van der Waals surface area contributed by atoms with E-state index in [0.29, 0.717) is 10.0 Å². The maximum Gasteiger partial charge on any atom is 0.359 e. The Kier molecular flexibility index (Phi) is 8.78. The number of nitro benzene ring substituents is 1. The molecule has 0 bridgehead atoms. The number of hydrogen-bond donors (Lipinski definition) is 1. The second-order valence-electron chi connectivity index (χ2n) is 7.62. The maximum atomic E-state index is 13.0. The van der Waals surface area contributed by atoms with Crippen molar-refractivity contribution in [2.45, 2.75) is 46.4 Å². The minimum absolute atomic E-state index is 0.0938. The minimum atomic E-state index is -0.897. The number of ether oxygens (including phenoxy) is 1. The van der Waals surface area contributed by atoms with Gasteiger partial charge in [0, 0.05) is 30.0 Å². The van der Waals surface area contributed by atoms with E-state index in [2.05, 4.69) is 10.0 Å². The van der Waals surface area contributed by atoms with E-state index in [1.807, 2.05) is 20.8 Å². The molecule has 1 N–H and O–H groups in total. The monoisotopic (exact) mass is 461 g/mol. The summed E-state index contributed by atoms with van der Waals surface area (Å²) in [6, 6.07) is 5.51. The van der Waals surface area contributed by atoms with Crippen molar-refractivity contribution in [2.24, 2.45) is 5.11 Å². The summed E-state index contributed by atoms with van der Waals surface area (Å²) < 4.78 is 5.90. The van der Waals surface area contributed by atoms with Gasteiger partial charge in [0.05, 0.1) is 24.6 Å². The Hall–Kier alpha value is -3.63. The molecule has 1 aromatic rings. The van der Waals surface area contributed by atoms with Crippen molar-refractivity contribution in [1.29, 1.82) is 0 Å². The summed E-state index contributed by atoms with van der Waals surface area (Å²) >= 11 is 0. The van der Waals surface area contributed by atoms with E-state index in [1.54, 1.807) is 0 Å². The first-order valence-electron chi connectivity index (χ1n) is 10.8. The van der Waals surface area contributed by atoms with Gasteiger partial charge in [0.2, 0.25) is 5.91 Å². The Balaban J connectivity index is 2.32. The number of aliphatic hydroxyl groups is 1. The fraction of sp³-hybridized carbons (Fsp3) is 0.524. The molecule has 1 amide bonds. The van der Waals surface area contributed by atoms with E-state index < -0.39 is 16.7 Å². The molecule has 0 radical (unpaired) electrons. The number of non-ortho nitro benzene ring substituents is 1. The number of carbonyl (C=O) groups excluding carboxylic acids is 2. The number of nitro groups is 1. The predicted octanol–water partition coefficient (Wildman–Crippen LogP) is 3.54. The average molecular weight is 461 g/mol. The molecule has 12 nitrogen and oxygen atoms in total. The predicted molar refractivity (Wildman–Crippen MR) is 118 cm³/mol. The molecule has 1 aliphatic rings. The van der Waals surface area contributed by atoms with Gasteiger partial charge in [0.25, 0.3) is 5.69 Å². The molecule has 0 aliphatic carbocycles. The molecular formula is C21H29N6O6+. The second-order valence-corrected chi connectivity index (χ2v) is 7.62. The third-order valence-corrected chi connectivity index (χ3v) is 6.18. The largest absolute Gasteiger partial charge is 0.510 e. The zero-order chi connectivity index (χ0) is 24.6. The Bertz CT molecular complexity index is 958. The first-order chi connectivity index (χ1) is 15.7. The van der Waals surface area contributed by atoms with Crippen molar-refractivity contribution < 1.29 is 28.8 Å². The number of β-lactam (4-membered cyclic amide) rings is 1. The number of rotatable bonds is 12. The summed E-state index contributed by atoms with van der Waals surface area (Å²) in [4.78, 5) is 39.8. The maximum absolute atomic E-state index is 13.0. The van der Waals surface area contributed by atoms with Crippen molar-refractivity contribution in [1.82, 2.24) is 4.90 Å². The zero-order valence-electron chi connectivity index (χ0n) is 19.0. The van der Waals surface area contributed by atoms with Crippen LogP contribution in [0, 0.1) is 10.1 Å². The van der Waals surface area contributed by atoms with Crippen molar-refractivity contribution in [3.8, 4) is 0 Å². The molecule has 1 unspecified atom stereocenters. The van der Waals surface area contributed by atoms with Crippen LogP contribution in [-0.2, 0) is 20.9 Å². The molecule has 1 aromatic carbocycles. The van der Waals surface area contributed by atoms with Gasteiger partial charge in [-0.3, -0.25) is 19.8 Å². The second kappa shape index (κ2) is 11.3. The van der Waals surface area contributed by atoms with Crippen LogP contribution in [0.5, 0.6) is 0 Å². The molecule has 1 fully saturated rings. The number of carbonyl (C=O) groups is 2. The van der Waals surface area contributed by atoms with Crippen molar-refractivity contribution in [2.75, 3.05) is 26.2 Å². The fourth-order valence-electron chi connectivity index (χ4n) is 4.02. The van der Waals surface area contributed by atoms with Crippen LogP contribution in [0.4, 0.5) is 5.69 Å². The summed E-state index contributed by atoms with van der Waals surface area (Å²) in [7, 11) is 0. The number of hydrogen-bond acceptors (Lipinski definition) is 7. The lowest BCUT2D eigenvalue weighted by atomic mass is 10.0. The van der Waals surface area contributed by atoms with Gasteiger partial charge in [-0.2, -0.15) is 0 Å². The smallest absolute Gasteiger partial charge is 0.359 e. The Morgan fingerprint density at radius 1 is 1.30 bits per heavy atom. The Morgan fingerprint density at radius 2 is 1.91 bits per heavy atom. The molecule has 0 spiro atoms. The van der Waals surface area contributed by atoms with E-state index in [4.69, 9.17) is 10.3 Å². The van der Waals surface area contributed by atoms with Crippen LogP contribution in [0.25, 0.3) is 10.4 Å². The van der Waals surface area contributed by atoms with Crippen molar-refractivity contribution >= 4 is 17.6 Å². The van der Waals surface area contributed by atoms with Gasteiger partial charge in [-0.25, -0.2) is 4.79 Å². The zero-order valence-corrected chi connectivity index (χ0v) is 19.0. The third-order valence-electron chi connectivity index (χ3n) is 6.18. The first kappa shape index (κ1) is 25.6. The third kappa shape index (κ3) is 5.60. The number of likely N-dealkylation sites (tertiary alicyclic amines) is 1. The van der Waals surface area contributed by atoms with Gasteiger partial charge >= 0.3 is 5.97 Å².